The Morgan fingerprint density at radius 3 is 2.64 bits per heavy atom. The smallest absolute Gasteiger partial charge is 0.422 e. The Balaban J connectivity index is 1.73. The van der Waals surface area contributed by atoms with Crippen LogP contribution in [0.25, 0.3) is 10.3 Å². The topological polar surface area (TPSA) is 44.2 Å². The maximum absolute atomic E-state index is 13.8. The molecule has 0 atom stereocenters. The largest absolute Gasteiger partial charge is 0.475 e. The minimum atomic E-state index is -4.45. The highest BCUT2D eigenvalue weighted by molar-refractivity contribution is 7.19. The number of nitrogens with zero attached hydrogens (tertiary/aromatic N) is 2. The van der Waals surface area contributed by atoms with Crippen LogP contribution in [0, 0.1) is 11.7 Å². The first-order chi connectivity index (χ1) is 10.4. The number of thiazole rings is 1. The Kier molecular flexibility index (Phi) is 4.07. The average Bonchev–Trinajstić information content (AvgIpc) is 2.75. The molecule has 0 radical (unpaired) electrons. The van der Waals surface area contributed by atoms with Gasteiger partial charge in [-0.05, 0) is 18.8 Å². The summed E-state index contributed by atoms with van der Waals surface area (Å²) in [7, 11) is 0. The van der Waals surface area contributed by atoms with Crippen molar-refractivity contribution in [1.29, 1.82) is 0 Å². The zero-order valence-electron chi connectivity index (χ0n) is 11.3. The summed E-state index contributed by atoms with van der Waals surface area (Å²) >= 11 is 0.824. The first-order valence-corrected chi connectivity index (χ1v) is 7.52. The van der Waals surface area contributed by atoms with Gasteiger partial charge in [-0.3, -0.25) is 0 Å². The Labute approximate surface area is 127 Å². The summed E-state index contributed by atoms with van der Waals surface area (Å²) in [5.41, 5.74) is 0.149. The van der Waals surface area contributed by atoms with Crippen molar-refractivity contribution in [2.45, 2.75) is 25.4 Å². The van der Waals surface area contributed by atoms with Crippen molar-refractivity contribution >= 4 is 21.7 Å². The van der Waals surface area contributed by atoms with Crippen LogP contribution in [0.3, 0.4) is 0 Å². The van der Waals surface area contributed by atoms with Gasteiger partial charge in [0.25, 0.3) is 11.1 Å². The summed E-state index contributed by atoms with van der Waals surface area (Å²) in [6.45, 7) is -1.05. The number of hydrogen-bond acceptors (Lipinski definition) is 5. The van der Waals surface area contributed by atoms with Crippen LogP contribution in [0.1, 0.15) is 19.3 Å². The summed E-state index contributed by atoms with van der Waals surface area (Å²) in [4.78, 5) is 8.03. The number of fused-ring (bicyclic) bond motifs is 1. The zero-order chi connectivity index (χ0) is 15.7. The first kappa shape index (κ1) is 15.3. The normalized spacial score (nSPS) is 15.8. The molecule has 3 rings (SSSR count). The van der Waals surface area contributed by atoms with E-state index < -0.39 is 18.6 Å². The lowest BCUT2D eigenvalue weighted by atomic mass is 9.86. The van der Waals surface area contributed by atoms with Crippen LogP contribution in [0.15, 0.2) is 6.07 Å². The highest BCUT2D eigenvalue weighted by Gasteiger charge is 2.29. The molecule has 1 aliphatic rings. The molecule has 1 fully saturated rings. The van der Waals surface area contributed by atoms with E-state index in [2.05, 4.69) is 14.7 Å². The maximum Gasteiger partial charge on any atom is 0.422 e. The number of halogens is 4. The lowest BCUT2D eigenvalue weighted by Gasteiger charge is -2.24. The van der Waals surface area contributed by atoms with Gasteiger partial charge in [-0.15, -0.1) is 0 Å². The fraction of sp³-hybridized carbons (Fsp3) is 0.538. The van der Waals surface area contributed by atoms with E-state index in [-0.39, 0.29) is 21.4 Å². The molecule has 0 saturated heterocycles. The molecule has 22 heavy (non-hydrogen) atoms. The van der Waals surface area contributed by atoms with E-state index in [9.17, 15) is 17.6 Å². The Bertz CT molecular complexity index is 670. The highest BCUT2D eigenvalue weighted by atomic mass is 32.1. The van der Waals surface area contributed by atoms with Crippen LogP contribution in [-0.2, 0) is 0 Å². The van der Waals surface area contributed by atoms with Crippen molar-refractivity contribution in [2.75, 3.05) is 13.2 Å². The number of ether oxygens (including phenoxy) is 2. The van der Waals surface area contributed by atoms with Crippen molar-refractivity contribution in [3.63, 3.8) is 0 Å². The molecule has 2 aromatic heterocycles. The summed E-state index contributed by atoms with van der Waals surface area (Å²) in [5, 5.41) is -0.199. The molecule has 0 unspecified atom stereocenters. The van der Waals surface area contributed by atoms with Gasteiger partial charge >= 0.3 is 6.18 Å². The van der Waals surface area contributed by atoms with Gasteiger partial charge in [-0.1, -0.05) is 17.8 Å². The minimum absolute atomic E-state index is 0.148. The molecule has 0 spiro atoms. The molecule has 0 bridgehead atoms. The average molecular weight is 336 g/mol. The summed E-state index contributed by atoms with van der Waals surface area (Å²) < 4.78 is 60.0. The monoisotopic (exact) mass is 336 g/mol. The standard InChI is InChI=1S/C13H12F4N2O2S/c14-8-4-9-11(19-10(8)20-5-7-2-1-3-7)22-12(18-9)21-6-13(15,16)17/h4,7H,1-3,5-6H2. The Morgan fingerprint density at radius 2 is 2.00 bits per heavy atom. The number of hydrogen-bond donors (Lipinski definition) is 0. The van der Waals surface area contributed by atoms with Crippen molar-refractivity contribution in [3.8, 4) is 11.1 Å². The highest BCUT2D eigenvalue weighted by Crippen LogP contribution is 2.32. The summed E-state index contributed by atoms with van der Waals surface area (Å²) in [6, 6.07) is 1.09. The second-order valence-corrected chi connectivity index (χ2v) is 6.03. The second-order valence-electron chi connectivity index (χ2n) is 5.09. The van der Waals surface area contributed by atoms with Gasteiger partial charge in [0.2, 0.25) is 0 Å². The molecule has 1 saturated carbocycles. The van der Waals surface area contributed by atoms with E-state index in [0.717, 1.165) is 36.7 Å². The van der Waals surface area contributed by atoms with Crippen LogP contribution in [0.2, 0.25) is 0 Å². The molecule has 2 aromatic rings. The van der Waals surface area contributed by atoms with E-state index >= 15 is 0 Å². The SMILES string of the molecule is Fc1cc2nc(OCC(F)(F)F)sc2nc1OCC1CCC1. The third kappa shape index (κ3) is 3.57. The van der Waals surface area contributed by atoms with E-state index in [1.807, 2.05) is 0 Å². The van der Waals surface area contributed by atoms with Crippen molar-refractivity contribution in [3.05, 3.63) is 11.9 Å². The Morgan fingerprint density at radius 1 is 1.23 bits per heavy atom. The molecular formula is C13H12F4N2O2S. The van der Waals surface area contributed by atoms with E-state index in [0.29, 0.717) is 12.5 Å². The predicted molar refractivity (Wildman–Crippen MR) is 71.8 cm³/mol. The van der Waals surface area contributed by atoms with E-state index in [4.69, 9.17) is 4.74 Å². The second kappa shape index (κ2) is 5.86. The van der Waals surface area contributed by atoms with Crippen LogP contribution in [0.4, 0.5) is 17.6 Å². The van der Waals surface area contributed by atoms with Crippen LogP contribution in [0.5, 0.6) is 11.1 Å². The van der Waals surface area contributed by atoms with Gasteiger partial charge in [0.1, 0.15) is 5.52 Å². The lowest BCUT2D eigenvalue weighted by Crippen LogP contribution is -2.19. The molecule has 0 aliphatic heterocycles. The minimum Gasteiger partial charge on any atom is -0.475 e. The zero-order valence-corrected chi connectivity index (χ0v) is 12.1. The van der Waals surface area contributed by atoms with Gasteiger partial charge in [0.15, 0.2) is 17.3 Å². The fourth-order valence-corrected chi connectivity index (χ4v) is 2.73. The van der Waals surface area contributed by atoms with E-state index in [1.54, 1.807) is 0 Å². The summed E-state index contributed by atoms with van der Waals surface area (Å²) in [6.07, 6.45) is -1.19. The number of rotatable bonds is 5. The Hall–Kier alpha value is -1.64. The van der Waals surface area contributed by atoms with E-state index in [1.165, 1.54) is 0 Å². The molecule has 1 aliphatic carbocycles. The predicted octanol–water partition coefficient (Wildman–Crippen LogP) is 3.95. The molecule has 0 N–H and O–H groups in total. The van der Waals surface area contributed by atoms with Gasteiger partial charge in [-0.2, -0.15) is 18.2 Å². The number of alkyl halides is 3. The van der Waals surface area contributed by atoms with Crippen LogP contribution < -0.4 is 9.47 Å². The third-order valence-corrected chi connectivity index (χ3v) is 4.20. The van der Waals surface area contributed by atoms with Crippen molar-refractivity contribution in [2.24, 2.45) is 5.92 Å². The number of pyridine rings is 1. The van der Waals surface area contributed by atoms with Crippen LogP contribution in [-0.4, -0.2) is 29.4 Å². The van der Waals surface area contributed by atoms with Crippen LogP contribution >= 0.6 is 11.3 Å². The van der Waals surface area contributed by atoms with Crippen molar-refractivity contribution < 1.29 is 27.0 Å². The van der Waals surface area contributed by atoms with Gasteiger partial charge in [0, 0.05) is 6.07 Å². The molecule has 0 aromatic carbocycles. The molecule has 0 amide bonds. The van der Waals surface area contributed by atoms with Crippen molar-refractivity contribution in [1.82, 2.24) is 9.97 Å². The molecule has 2 heterocycles. The molecule has 9 heteroatoms. The maximum atomic E-state index is 13.8. The third-order valence-electron chi connectivity index (χ3n) is 3.33. The van der Waals surface area contributed by atoms with Gasteiger partial charge in [0.05, 0.1) is 6.61 Å². The fourth-order valence-electron chi connectivity index (χ4n) is 1.97. The van der Waals surface area contributed by atoms with Gasteiger partial charge < -0.3 is 9.47 Å². The first-order valence-electron chi connectivity index (χ1n) is 6.70. The quantitative estimate of drug-likeness (QED) is 0.776. The lowest BCUT2D eigenvalue weighted by molar-refractivity contribution is -0.153. The summed E-state index contributed by atoms with van der Waals surface area (Å²) in [5.74, 6) is -0.408. The molecule has 120 valence electrons. The molecular weight excluding hydrogens is 324 g/mol. The van der Waals surface area contributed by atoms with Gasteiger partial charge in [-0.25, -0.2) is 9.37 Å². The molecule has 4 nitrogen and oxygen atoms in total. The number of aromatic nitrogens is 2.